The van der Waals surface area contributed by atoms with Crippen molar-refractivity contribution >= 4 is 17.6 Å². The summed E-state index contributed by atoms with van der Waals surface area (Å²) in [5.74, 6) is -0.000795. The molecule has 0 fully saturated rings. The van der Waals surface area contributed by atoms with E-state index in [-0.39, 0.29) is 5.57 Å². The monoisotopic (exact) mass is 344 g/mol. The number of carbonyl (C=O) groups is 1. The van der Waals surface area contributed by atoms with Gasteiger partial charge in [0.05, 0.1) is 19.3 Å². The van der Waals surface area contributed by atoms with Gasteiger partial charge in [-0.05, 0) is 47.4 Å². The van der Waals surface area contributed by atoms with E-state index < -0.39 is 11.8 Å². The SMILES string of the molecule is COc1cc(/C=C(\C(=O)O)c2ccc(F)cc2)ccc1OCC(C)C. The van der Waals surface area contributed by atoms with Gasteiger partial charge in [-0.2, -0.15) is 0 Å². The van der Waals surface area contributed by atoms with Crippen LogP contribution in [-0.4, -0.2) is 24.8 Å². The number of hydrogen-bond donors (Lipinski definition) is 1. The van der Waals surface area contributed by atoms with E-state index in [0.717, 1.165) is 0 Å². The van der Waals surface area contributed by atoms with Crippen molar-refractivity contribution in [2.45, 2.75) is 13.8 Å². The molecule has 0 spiro atoms. The van der Waals surface area contributed by atoms with Gasteiger partial charge in [-0.3, -0.25) is 0 Å². The first kappa shape index (κ1) is 18.5. The number of benzene rings is 2. The van der Waals surface area contributed by atoms with Gasteiger partial charge in [-0.15, -0.1) is 0 Å². The van der Waals surface area contributed by atoms with Gasteiger partial charge >= 0.3 is 5.97 Å². The second kappa shape index (κ2) is 8.33. The Balaban J connectivity index is 2.36. The molecule has 0 atom stereocenters. The minimum Gasteiger partial charge on any atom is -0.493 e. The average Bonchev–Trinajstić information content (AvgIpc) is 2.58. The van der Waals surface area contributed by atoms with E-state index in [4.69, 9.17) is 9.47 Å². The number of methoxy groups -OCH3 is 1. The van der Waals surface area contributed by atoms with E-state index in [0.29, 0.717) is 35.2 Å². The van der Waals surface area contributed by atoms with E-state index in [9.17, 15) is 14.3 Å². The molecule has 132 valence electrons. The van der Waals surface area contributed by atoms with Crippen LogP contribution in [0, 0.1) is 11.7 Å². The van der Waals surface area contributed by atoms with E-state index >= 15 is 0 Å². The molecule has 0 radical (unpaired) electrons. The van der Waals surface area contributed by atoms with E-state index in [1.165, 1.54) is 37.5 Å². The third kappa shape index (κ3) is 5.08. The molecule has 0 heterocycles. The molecule has 2 rings (SSSR count). The van der Waals surface area contributed by atoms with Crippen molar-refractivity contribution < 1.29 is 23.8 Å². The molecule has 2 aromatic carbocycles. The Labute approximate surface area is 146 Å². The summed E-state index contributed by atoms with van der Waals surface area (Å²) in [6, 6.07) is 10.5. The highest BCUT2D eigenvalue weighted by Gasteiger charge is 2.12. The second-order valence-corrected chi connectivity index (χ2v) is 5.99. The highest BCUT2D eigenvalue weighted by molar-refractivity contribution is 6.20. The molecular weight excluding hydrogens is 323 g/mol. The number of carboxylic acids is 1. The average molecular weight is 344 g/mol. The zero-order chi connectivity index (χ0) is 18.4. The fourth-order valence-corrected chi connectivity index (χ4v) is 2.21. The van der Waals surface area contributed by atoms with Crippen LogP contribution in [0.1, 0.15) is 25.0 Å². The minimum atomic E-state index is -1.09. The first-order valence-corrected chi connectivity index (χ1v) is 7.92. The van der Waals surface area contributed by atoms with Crippen LogP contribution in [0.4, 0.5) is 4.39 Å². The van der Waals surface area contributed by atoms with Gasteiger partial charge in [-0.1, -0.05) is 32.0 Å². The lowest BCUT2D eigenvalue weighted by Crippen LogP contribution is -2.05. The zero-order valence-electron chi connectivity index (χ0n) is 14.5. The quantitative estimate of drug-likeness (QED) is 0.594. The molecule has 0 aliphatic rings. The summed E-state index contributed by atoms with van der Waals surface area (Å²) in [7, 11) is 1.53. The maximum Gasteiger partial charge on any atom is 0.336 e. The minimum absolute atomic E-state index is 0.0675. The van der Waals surface area contributed by atoms with Crippen molar-refractivity contribution in [1.29, 1.82) is 0 Å². The maximum absolute atomic E-state index is 13.1. The maximum atomic E-state index is 13.1. The van der Waals surface area contributed by atoms with Gasteiger partial charge in [0, 0.05) is 0 Å². The fourth-order valence-electron chi connectivity index (χ4n) is 2.21. The summed E-state index contributed by atoms with van der Waals surface area (Å²) < 4.78 is 24.1. The van der Waals surface area contributed by atoms with Crippen molar-refractivity contribution in [2.75, 3.05) is 13.7 Å². The van der Waals surface area contributed by atoms with E-state index in [1.807, 2.05) is 13.8 Å². The summed E-state index contributed by atoms with van der Waals surface area (Å²) in [5.41, 5.74) is 1.14. The smallest absolute Gasteiger partial charge is 0.336 e. The summed E-state index contributed by atoms with van der Waals surface area (Å²) in [6.07, 6.45) is 1.52. The van der Waals surface area contributed by atoms with Crippen molar-refractivity contribution in [2.24, 2.45) is 5.92 Å². The normalized spacial score (nSPS) is 11.5. The lowest BCUT2D eigenvalue weighted by atomic mass is 10.0. The molecule has 0 aliphatic carbocycles. The van der Waals surface area contributed by atoms with Crippen LogP contribution in [0.25, 0.3) is 11.6 Å². The summed E-state index contributed by atoms with van der Waals surface area (Å²) in [5, 5.41) is 9.47. The molecule has 0 saturated heterocycles. The third-order valence-electron chi connectivity index (χ3n) is 3.46. The lowest BCUT2D eigenvalue weighted by molar-refractivity contribution is -0.130. The molecule has 0 unspecified atom stereocenters. The number of ether oxygens (including phenoxy) is 2. The predicted octanol–water partition coefficient (Wildman–Crippen LogP) is 4.49. The van der Waals surface area contributed by atoms with Crippen LogP contribution in [0.3, 0.4) is 0 Å². The van der Waals surface area contributed by atoms with Gasteiger partial charge in [0.25, 0.3) is 0 Å². The fraction of sp³-hybridized carbons (Fsp3) is 0.250. The van der Waals surface area contributed by atoms with Crippen LogP contribution >= 0.6 is 0 Å². The molecule has 5 heteroatoms. The molecule has 1 N–H and O–H groups in total. The molecule has 0 saturated carbocycles. The Morgan fingerprint density at radius 1 is 1.16 bits per heavy atom. The Hall–Kier alpha value is -2.82. The molecule has 0 aliphatic heterocycles. The zero-order valence-corrected chi connectivity index (χ0v) is 14.5. The Kier molecular flexibility index (Phi) is 6.17. The molecule has 2 aromatic rings. The second-order valence-electron chi connectivity index (χ2n) is 5.99. The van der Waals surface area contributed by atoms with Crippen molar-refractivity contribution in [3.63, 3.8) is 0 Å². The number of halogens is 1. The van der Waals surface area contributed by atoms with Crippen molar-refractivity contribution in [3.05, 3.63) is 59.4 Å². The van der Waals surface area contributed by atoms with Crippen LogP contribution < -0.4 is 9.47 Å². The summed E-state index contributed by atoms with van der Waals surface area (Å²) in [6.45, 7) is 4.65. The third-order valence-corrected chi connectivity index (χ3v) is 3.46. The first-order chi connectivity index (χ1) is 11.9. The molecule has 0 bridgehead atoms. The lowest BCUT2D eigenvalue weighted by Gasteiger charge is -2.13. The van der Waals surface area contributed by atoms with Crippen molar-refractivity contribution in [3.8, 4) is 11.5 Å². The Morgan fingerprint density at radius 2 is 1.84 bits per heavy atom. The van der Waals surface area contributed by atoms with Crippen LogP contribution in [0.2, 0.25) is 0 Å². The largest absolute Gasteiger partial charge is 0.493 e. The summed E-state index contributed by atoms with van der Waals surface area (Å²) >= 11 is 0. The number of aliphatic carboxylic acids is 1. The van der Waals surface area contributed by atoms with Crippen LogP contribution in [0.15, 0.2) is 42.5 Å². The highest BCUT2D eigenvalue weighted by Crippen LogP contribution is 2.30. The molecule has 25 heavy (non-hydrogen) atoms. The topological polar surface area (TPSA) is 55.8 Å². The highest BCUT2D eigenvalue weighted by atomic mass is 19.1. The van der Waals surface area contributed by atoms with Crippen LogP contribution in [0.5, 0.6) is 11.5 Å². The van der Waals surface area contributed by atoms with Crippen molar-refractivity contribution in [1.82, 2.24) is 0 Å². The van der Waals surface area contributed by atoms with Gasteiger partial charge in [-0.25, -0.2) is 9.18 Å². The predicted molar refractivity (Wildman–Crippen MR) is 95.2 cm³/mol. The van der Waals surface area contributed by atoms with Gasteiger partial charge in [0.2, 0.25) is 0 Å². The Morgan fingerprint density at radius 3 is 2.40 bits per heavy atom. The van der Waals surface area contributed by atoms with Gasteiger partial charge in [0.15, 0.2) is 11.5 Å². The molecule has 4 nitrogen and oxygen atoms in total. The molecule has 0 amide bonds. The number of rotatable bonds is 7. The first-order valence-electron chi connectivity index (χ1n) is 7.92. The number of carboxylic acid groups (broad SMARTS) is 1. The van der Waals surface area contributed by atoms with E-state index in [2.05, 4.69) is 0 Å². The standard InChI is InChI=1S/C20H21FO4/c1-13(2)12-25-18-9-4-14(11-19(18)24-3)10-17(20(22)23)15-5-7-16(21)8-6-15/h4-11,13H,12H2,1-3H3,(H,22,23)/b17-10-. The molecular formula is C20H21FO4. The van der Waals surface area contributed by atoms with E-state index in [1.54, 1.807) is 18.2 Å². The van der Waals surface area contributed by atoms with Gasteiger partial charge < -0.3 is 14.6 Å². The molecule has 0 aromatic heterocycles. The van der Waals surface area contributed by atoms with Crippen LogP contribution in [-0.2, 0) is 4.79 Å². The number of hydrogen-bond acceptors (Lipinski definition) is 3. The summed E-state index contributed by atoms with van der Waals surface area (Å²) in [4.78, 5) is 11.6. The van der Waals surface area contributed by atoms with Gasteiger partial charge in [0.1, 0.15) is 5.82 Å². The Bertz CT molecular complexity index is 764.